The Kier molecular flexibility index (Phi) is 4.20. The summed E-state index contributed by atoms with van der Waals surface area (Å²) in [6.07, 6.45) is 5.50. The Hall–Kier alpha value is -1.10. The maximum Gasteiger partial charge on any atom is 0.311 e. The van der Waals surface area contributed by atoms with Gasteiger partial charge < -0.3 is 14.7 Å². The number of hydrogen-bond donors (Lipinski definition) is 1. The predicted octanol–water partition coefficient (Wildman–Crippen LogP) is 1.76. The van der Waals surface area contributed by atoms with Gasteiger partial charge in [-0.2, -0.15) is 0 Å². The fourth-order valence-electron chi connectivity index (χ4n) is 4.53. The molecule has 2 bridgehead atoms. The molecule has 0 aromatic rings. The third-order valence-electron chi connectivity index (χ3n) is 5.57. The maximum atomic E-state index is 13.0. The minimum absolute atomic E-state index is 0.130. The van der Waals surface area contributed by atoms with Crippen molar-refractivity contribution in [2.24, 2.45) is 23.7 Å². The van der Waals surface area contributed by atoms with Gasteiger partial charge in [-0.05, 0) is 37.5 Å². The number of fused-ring (bicyclic) bond motifs is 2. The highest BCUT2D eigenvalue weighted by Crippen LogP contribution is 2.49. The van der Waals surface area contributed by atoms with E-state index in [9.17, 15) is 14.7 Å². The summed E-state index contributed by atoms with van der Waals surface area (Å²) < 4.78 is 5.36. The molecule has 0 aromatic heterocycles. The van der Waals surface area contributed by atoms with Crippen LogP contribution in [0.3, 0.4) is 0 Å². The number of amides is 1. The molecular formula is C16H25NO4. The zero-order valence-electron chi connectivity index (χ0n) is 12.7. The summed E-state index contributed by atoms with van der Waals surface area (Å²) in [5, 5.41) is 9.34. The number of carboxylic acid groups (broad SMARTS) is 1. The average molecular weight is 295 g/mol. The highest BCUT2D eigenvalue weighted by atomic mass is 16.5. The second-order valence-corrected chi connectivity index (χ2v) is 6.86. The summed E-state index contributed by atoms with van der Waals surface area (Å²) in [7, 11) is 0. The summed E-state index contributed by atoms with van der Waals surface area (Å²) in [5.41, 5.74) is 0. The van der Waals surface area contributed by atoms with Gasteiger partial charge in [-0.1, -0.05) is 13.3 Å². The average Bonchev–Trinajstić information content (AvgIpc) is 3.18. The van der Waals surface area contributed by atoms with Crippen LogP contribution in [0.25, 0.3) is 0 Å². The molecule has 1 saturated heterocycles. The molecule has 1 N–H and O–H groups in total. The molecule has 0 aromatic carbocycles. The fraction of sp³-hybridized carbons (Fsp3) is 0.875. The third-order valence-corrected chi connectivity index (χ3v) is 5.57. The van der Waals surface area contributed by atoms with E-state index in [1.165, 1.54) is 19.3 Å². The summed E-state index contributed by atoms with van der Waals surface area (Å²) in [6, 6.07) is -0.283. The molecule has 2 saturated carbocycles. The predicted molar refractivity (Wildman–Crippen MR) is 76.7 cm³/mol. The molecule has 5 atom stereocenters. The molecule has 0 radical (unpaired) electrons. The Morgan fingerprint density at radius 1 is 1.19 bits per heavy atom. The monoisotopic (exact) mass is 295 g/mol. The van der Waals surface area contributed by atoms with E-state index >= 15 is 0 Å². The topological polar surface area (TPSA) is 66.8 Å². The van der Waals surface area contributed by atoms with Gasteiger partial charge in [0.05, 0.1) is 19.3 Å². The third kappa shape index (κ3) is 2.68. The molecule has 3 rings (SSSR count). The van der Waals surface area contributed by atoms with Gasteiger partial charge in [-0.3, -0.25) is 9.59 Å². The van der Waals surface area contributed by atoms with E-state index in [1.807, 2.05) is 11.8 Å². The zero-order chi connectivity index (χ0) is 15.0. The van der Waals surface area contributed by atoms with Crippen LogP contribution in [-0.2, 0) is 14.3 Å². The molecule has 5 nitrogen and oxygen atoms in total. The number of ether oxygens (including phenoxy) is 1. The first-order valence-corrected chi connectivity index (χ1v) is 8.22. The molecule has 5 unspecified atom stereocenters. The Morgan fingerprint density at radius 3 is 2.57 bits per heavy atom. The lowest BCUT2D eigenvalue weighted by Gasteiger charge is -2.34. The van der Waals surface area contributed by atoms with Crippen molar-refractivity contribution in [3.8, 4) is 0 Å². The molecule has 0 spiro atoms. The van der Waals surface area contributed by atoms with E-state index in [0.29, 0.717) is 19.1 Å². The lowest BCUT2D eigenvalue weighted by atomic mass is 9.87. The smallest absolute Gasteiger partial charge is 0.311 e. The van der Waals surface area contributed by atoms with Crippen molar-refractivity contribution in [3.05, 3.63) is 0 Å². The van der Waals surface area contributed by atoms with Gasteiger partial charge in [0.1, 0.15) is 5.92 Å². The molecule has 1 amide bonds. The number of carbonyl (C=O) groups is 2. The van der Waals surface area contributed by atoms with Gasteiger partial charge in [-0.25, -0.2) is 0 Å². The van der Waals surface area contributed by atoms with Crippen LogP contribution < -0.4 is 0 Å². The number of carboxylic acids is 1. The van der Waals surface area contributed by atoms with E-state index in [4.69, 9.17) is 4.74 Å². The van der Waals surface area contributed by atoms with E-state index in [1.54, 1.807) is 0 Å². The van der Waals surface area contributed by atoms with Gasteiger partial charge in [0.25, 0.3) is 0 Å². The SMILES string of the molecule is CCCN(C(=O)C1CC2CCC1C2)C1COCC1C(=O)O. The quantitative estimate of drug-likeness (QED) is 0.839. The van der Waals surface area contributed by atoms with Crippen molar-refractivity contribution in [3.63, 3.8) is 0 Å². The van der Waals surface area contributed by atoms with Gasteiger partial charge in [0.2, 0.25) is 5.91 Å². The van der Waals surface area contributed by atoms with Gasteiger partial charge >= 0.3 is 5.97 Å². The molecule has 1 aliphatic heterocycles. The highest BCUT2D eigenvalue weighted by molar-refractivity contribution is 5.81. The van der Waals surface area contributed by atoms with Crippen LogP contribution in [0.1, 0.15) is 39.0 Å². The molecule has 21 heavy (non-hydrogen) atoms. The van der Waals surface area contributed by atoms with Gasteiger partial charge in [0, 0.05) is 12.5 Å². The van der Waals surface area contributed by atoms with E-state index in [-0.39, 0.29) is 24.5 Å². The van der Waals surface area contributed by atoms with E-state index < -0.39 is 11.9 Å². The Balaban J connectivity index is 1.74. The number of aliphatic carboxylic acids is 1. The number of rotatable bonds is 5. The van der Waals surface area contributed by atoms with Gasteiger partial charge in [-0.15, -0.1) is 0 Å². The van der Waals surface area contributed by atoms with Crippen molar-refractivity contribution < 1.29 is 19.4 Å². The lowest BCUT2D eigenvalue weighted by molar-refractivity contribution is -0.147. The molecule has 1 heterocycles. The minimum atomic E-state index is -0.848. The number of hydrogen-bond acceptors (Lipinski definition) is 3. The summed E-state index contributed by atoms with van der Waals surface area (Å²) in [4.78, 5) is 26.2. The van der Waals surface area contributed by atoms with Crippen molar-refractivity contribution in [1.29, 1.82) is 0 Å². The molecule has 5 heteroatoms. The molecule has 2 aliphatic carbocycles. The Labute approximate surface area is 125 Å². The van der Waals surface area contributed by atoms with Crippen LogP contribution in [0.5, 0.6) is 0 Å². The first kappa shape index (κ1) is 14.8. The molecule has 3 fully saturated rings. The van der Waals surface area contributed by atoms with E-state index in [2.05, 4.69) is 0 Å². The molecular weight excluding hydrogens is 270 g/mol. The van der Waals surface area contributed by atoms with Crippen molar-refractivity contribution >= 4 is 11.9 Å². The zero-order valence-corrected chi connectivity index (χ0v) is 12.7. The van der Waals surface area contributed by atoms with Crippen LogP contribution in [0.2, 0.25) is 0 Å². The lowest BCUT2D eigenvalue weighted by Crippen LogP contribution is -2.49. The van der Waals surface area contributed by atoms with Crippen molar-refractivity contribution in [2.75, 3.05) is 19.8 Å². The second kappa shape index (κ2) is 5.95. The van der Waals surface area contributed by atoms with Crippen LogP contribution >= 0.6 is 0 Å². The minimum Gasteiger partial charge on any atom is -0.481 e. The summed E-state index contributed by atoms with van der Waals surface area (Å²) >= 11 is 0. The van der Waals surface area contributed by atoms with E-state index in [0.717, 1.165) is 18.8 Å². The first-order valence-electron chi connectivity index (χ1n) is 8.22. The Morgan fingerprint density at radius 2 is 2.00 bits per heavy atom. The van der Waals surface area contributed by atoms with Gasteiger partial charge in [0.15, 0.2) is 0 Å². The van der Waals surface area contributed by atoms with Crippen molar-refractivity contribution in [2.45, 2.75) is 45.1 Å². The van der Waals surface area contributed by atoms with Crippen LogP contribution in [0.15, 0.2) is 0 Å². The van der Waals surface area contributed by atoms with Crippen LogP contribution in [0.4, 0.5) is 0 Å². The van der Waals surface area contributed by atoms with Crippen LogP contribution in [0, 0.1) is 23.7 Å². The summed E-state index contributed by atoms with van der Waals surface area (Å²) in [6.45, 7) is 3.27. The fourth-order valence-corrected chi connectivity index (χ4v) is 4.53. The first-order chi connectivity index (χ1) is 10.1. The highest BCUT2D eigenvalue weighted by Gasteiger charge is 2.47. The van der Waals surface area contributed by atoms with Crippen molar-refractivity contribution in [1.82, 2.24) is 4.90 Å². The van der Waals surface area contributed by atoms with Crippen LogP contribution in [-0.4, -0.2) is 47.7 Å². The standard InChI is InChI=1S/C16H25NO4/c1-2-5-17(14-9-21-8-13(14)16(19)20)15(18)12-7-10-3-4-11(12)6-10/h10-14H,2-9H2,1H3,(H,19,20). The molecule has 118 valence electrons. The summed E-state index contributed by atoms with van der Waals surface area (Å²) in [5.74, 6) is 0.157. The number of nitrogens with zero attached hydrogens (tertiary/aromatic N) is 1. The molecule has 3 aliphatic rings. The normalized spacial score (nSPS) is 37.9. The number of carbonyl (C=O) groups excluding carboxylic acids is 1. The Bertz CT molecular complexity index is 425. The second-order valence-electron chi connectivity index (χ2n) is 6.86. The largest absolute Gasteiger partial charge is 0.481 e. The maximum absolute atomic E-state index is 13.0.